The average Bonchev–Trinajstić information content (AvgIpc) is 3.07. The number of imidazole rings is 1. The van der Waals surface area contributed by atoms with Gasteiger partial charge in [0.2, 0.25) is 0 Å². The van der Waals surface area contributed by atoms with Crippen molar-refractivity contribution in [2.75, 3.05) is 39.5 Å². The zero-order chi connectivity index (χ0) is 16.2. The van der Waals surface area contributed by atoms with Crippen LogP contribution in [-0.2, 0) is 4.74 Å². The molecule has 1 aromatic heterocycles. The molecule has 0 bridgehead atoms. The lowest BCUT2D eigenvalue weighted by atomic mass is 10.2. The smallest absolute Gasteiger partial charge is 0.142 e. The summed E-state index contributed by atoms with van der Waals surface area (Å²) < 4.78 is 11.4. The Hall–Kier alpha value is -2.37. The van der Waals surface area contributed by atoms with Crippen LogP contribution in [0.1, 0.15) is 0 Å². The highest BCUT2D eigenvalue weighted by Crippen LogP contribution is 2.29. The van der Waals surface area contributed by atoms with Crippen LogP contribution >= 0.6 is 0 Å². The van der Waals surface area contributed by atoms with Gasteiger partial charge in [-0.1, -0.05) is 24.3 Å². The summed E-state index contributed by atoms with van der Waals surface area (Å²) in [5.41, 5.74) is 3.00. The number of fused-ring (bicyclic) bond motifs is 1. The summed E-state index contributed by atoms with van der Waals surface area (Å²) in [7, 11) is 0. The summed E-state index contributed by atoms with van der Waals surface area (Å²) in [5, 5.41) is 0. The quantitative estimate of drug-likeness (QED) is 0.784. The number of hydrogen-bond donors (Lipinski definition) is 1. The normalized spacial score (nSPS) is 15.7. The maximum Gasteiger partial charge on any atom is 0.142 e. The van der Waals surface area contributed by atoms with E-state index in [0.29, 0.717) is 6.61 Å². The Bertz CT molecular complexity index is 776. The Labute approximate surface area is 141 Å². The summed E-state index contributed by atoms with van der Waals surface area (Å²) in [6.07, 6.45) is 0. The van der Waals surface area contributed by atoms with Crippen LogP contribution < -0.4 is 4.74 Å². The number of hydrogen-bond acceptors (Lipinski definition) is 4. The summed E-state index contributed by atoms with van der Waals surface area (Å²) in [6, 6.07) is 16.1. The van der Waals surface area contributed by atoms with Crippen molar-refractivity contribution >= 4 is 11.0 Å². The number of nitrogens with zero attached hydrogens (tertiary/aromatic N) is 2. The molecular weight excluding hydrogens is 302 g/mol. The van der Waals surface area contributed by atoms with Gasteiger partial charge >= 0.3 is 0 Å². The van der Waals surface area contributed by atoms with Crippen molar-refractivity contribution in [2.24, 2.45) is 0 Å². The molecule has 124 valence electrons. The number of benzene rings is 2. The van der Waals surface area contributed by atoms with Crippen LogP contribution in [0.2, 0.25) is 0 Å². The number of aromatic nitrogens is 2. The van der Waals surface area contributed by atoms with Crippen LogP contribution in [0.5, 0.6) is 5.75 Å². The fourth-order valence-electron chi connectivity index (χ4n) is 2.98. The van der Waals surface area contributed by atoms with Crippen molar-refractivity contribution in [1.82, 2.24) is 14.9 Å². The van der Waals surface area contributed by atoms with E-state index in [1.807, 2.05) is 48.5 Å². The van der Waals surface area contributed by atoms with Gasteiger partial charge in [-0.2, -0.15) is 0 Å². The van der Waals surface area contributed by atoms with Gasteiger partial charge in [0.05, 0.1) is 29.8 Å². The van der Waals surface area contributed by atoms with Crippen LogP contribution in [0.25, 0.3) is 22.4 Å². The molecule has 1 N–H and O–H groups in total. The molecule has 0 atom stereocenters. The molecule has 0 radical (unpaired) electrons. The third-order valence-electron chi connectivity index (χ3n) is 4.30. The number of H-pyrrole nitrogens is 1. The minimum absolute atomic E-state index is 0.664. The number of aromatic amines is 1. The first-order valence-electron chi connectivity index (χ1n) is 8.37. The Morgan fingerprint density at radius 1 is 1.04 bits per heavy atom. The van der Waals surface area contributed by atoms with Crippen LogP contribution in [-0.4, -0.2) is 54.3 Å². The lowest BCUT2D eigenvalue weighted by Crippen LogP contribution is -2.38. The van der Waals surface area contributed by atoms with E-state index >= 15 is 0 Å². The molecule has 0 unspecified atom stereocenters. The molecule has 0 amide bonds. The minimum Gasteiger partial charge on any atom is -0.491 e. The highest BCUT2D eigenvalue weighted by Gasteiger charge is 2.12. The first-order chi connectivity index (χ1) is 11.9. The monoisotopic (exact) mass is 323 g/mol. The van der Waals surface area contributed by atoms with Gasteiger partial charge < -0.3 is 14.5 Å². The van der Waals surface area contributed by atoms with E-state index in [1.165, 1.54) is 0 Å². The molecule has 3 aromatic rings. The lowest BCUT2D eigenvalue weighted by molar-refractivity contribution is 0.0323. The second-order valence-corrected chi connectivity index (χ2v) is 5.90. The van der Waals surface area contributed by atoms with E-state index in [1.54, 1.807) is 0 Å². The number of nitrogens with one attached hydrogen (secondary N) is 1. The largest absolute Gasteiger partial charge is 0.491 e. The van der Waals surface area contributed by atoms with Crippen LogP contribution in [0.15, 0.2) is 48.5 Å². The molecule has 5 heteroatoms. The highest BCUT2D eigenvalue weighted by atomic mass is 16.5. The first-order valence-corrected chi connectivity index (χ1v) is 8.37. The number of ether oxygens (including phenoxy) is 2. The Balaban J connectivity index is 1.49. The molecule has 0 aliphatic carbocycles. The molecule has 24 heavy (non-hydrogen) atoms. The molecule has 4 rings (SSSR count). The molecule has 0 spiro atoms. The zero-order valence-electron chi connectivity index (χ0n) is 13.6. The first kappa shape index (κ1) is 15.2. The van der Waals surface area contributed by atoms with E-state index in [9.17, 15) is 0 Å². The van der Waals surface area contributed by atoms with Gasteiger partial charge in [0.1, 0.15) is 18.2 Å². The van der Waals surface area contributed by atoms with E-state index in [4.69, 9.17) is 9.47 Å². The fraction of sp³-hybridized carbons (Fsp3) is 0.316. The third-order valence-corrected chi connectivity index (χ3v) is 4.30. The maximum absolute atomic E-state index is 6.05. The van der Waals surface area contributed by atoms with E-state index in [0.717, 1.165) is 61.0 Å². The van der Waals surface area contributed by atoms with Gasteiger partial charge in [-0.3, -0.25) is 4.90 Å². The van der Waals surface area contributed by atoms with Gasteiger partial charge in [0.25, 0.3) is 0 Å². The average molecular weight is 323 g/mol. The van der Waals surface area contributed by atoms with E-state index < -0.39 is 0 Å². The number of para-hydroxylation sites is 3. The Morgan fingerprint density at radius 3 is 2.71 bits per heavy atom. The molecule has 5 nitrogen and oxygen atoms in total. The fourth-order valence-corrected chi connectivity index (χ4v) is 2.98. The maximum atomic E-state index is 6.05. The van der Waals surface area contributed by atoms with Crippen molar-refractivity contribution in [3.8, 4) is 17.1 Å². The lowest BCUT2D eigenvalue weighted by Gasteiger charge is -2.26. The van der Waals surface area contributed by atoms with Crippen molar-refractivity contribution in [3.05, 3.63) is 48.5 Å². The van der Waals surface area contributed by atoms with Crippen molar-refractivity contribution in [1.29, 1.82) is 0 Å². The van der Waals surface area contributed by atoms with Crippen molar-refractivity contribution < 1.29 is 9.47 Å². The van der Waals surface area contributed by atoms with Crippen LogP contribution in [0.3, 0.4) is 0 Å². The molecule has 1 aliphatic rings. The molecule has 1 fully saturated rings. The number of morpholine rings is 1. The highest BCUT2D eigenvalue weighted by molar-refractivity contribution is 5.80. The summed E-state index contributed by atoms with van der Waals surface area (Å²) in [5.74, 6) is 1.71. The second-order valence-electron chi connectivity index (χ2n) is 5.90. The SMILES string of the molecule is c1ccc(-c2nc3ccccc3[nH]2)c(OCCN2CCOCC2)c1. The zero-order valence-corrected chi connectivity index (χ0v) is 13.6. The van der Waals surface area contributed by atoms with E-state index in [-0.39, 0.29) is 0 Å². The minimum atomic E-state index is 0.664. The molecular formula is C19H21N3O2. The number of rotatable bonds is 5. The Morgan fingerprint density at radius 2 is 1.83 bits per heavy atom. The molecule has 1 saturated heterocycles. The predicted octanol–water partition coefficient (Wildman–Crippen LogP) is 2.94. The summed E-state index contributed by atoms with van der Waals surface area (Å²) in [4.78, 5) is 10.4. The third kappa shape index (κ3) is 3.27. The molecule has 0 saturated carbocycles. The summed E-state index contributed by atoms with van der Waals surface area (Å²) in [6.45, 7) is 5.17. The van der Waals surface area contributed by atoms with E-state index in [2.05, 4.69) is 14.9 Å². The van der Waals surface area contributed by atoms with Gasteiger partial charge in [0, 0.05) is 19.6 Å². The Kier molecular flexibility index (Phi) is 4.44. The van der Waals surface area contributed by atoms with Crippen LogP contribution in [0, 0.1) is 0 Å². The molecule has 2 aromatic carbocycles. The van der Waals surface area contributed by atoms with Crippen molar-refractivity contribution in [2.45, 2.75) is 0 Å². The standard InChI is InChI=1S/C19H21N3O2/c1-4-8-18(24-14-11-22-9-12-23-13-10-22)15(5-1)19-20-16-6-2-3-7-17(16)21-19/h1-8H,9-14H2,(H,20,21). The second kappa shape index (κ2) is 7.03. The van der Waals surface area contributed by atoms with Gasteiger partial charge in [-0.15, -0.1) is 0 Å². The van der Waals surface area contributed by atoms with Gasteiger partial charge in [-0.05, 0) is 24.3 Å². The van der Waals surface area contributed by atoms with Gasteiger partial charge in [0.15, 0.2) is 0 Å². The van der Waals surface area contributed by atoms with Crippen molar-refractivity contribution in [3.63, 3.8) is 0 Å². The molecule has 1 aliphatic heterocycles. The topological polar surface area (TPSA) is 50.4 Å². The molecule has 2 heterocycles. The van der Waals surface area contributed by atoms with Crippen LogP contribution in [0.4, 0.5) is 0 Å². The predicted molar refractivity (Wildman–Crippen MR) is 94.3 cm³/mol. The summed E-state index contributed by atoms with van der Waals surface area (Å²) >= 11 is 0. The van der Waals surface area contributed by atoms with Gasteiger partial charge in [-0.25, -0.2) is 4.98 Å².